The Morgan fingerprint density at radius 2 is 1.91 bits per heavy atom. The fourth-order valence-corrected chi connectivity index (χ4v) is 1.75. The van der Waals surface area contributed by atoms with Crippen LogP contribution < -0.4 is 15.6 Å². The predicted octanol–water partition coefficient (Wildman–Crippen LogP) is 1.54. The summed E-state index contributed by atoms with van der Waals surface area (Å²) in [4.78, 5) is 27.2. The topological polar surface area (TPSA) is 80.3 Å². The van der Waals surface area contributed by atoms with Gasteiger partial charge in [0.1, 0.15) is 11.4 Å². The van der Waals surface area contributed by atoms with Crippen LogP contribution in [0.1, 0.15) is 21.6 Å². The highest BCUT2D eigenvalue weighted by atomic mass is 16.5. The molecule has 0 saturated carbocycles. The first-order chi connectivity index (χ1) is 10.6. The lowest BCUT2D eigenvalue weighted by Crippen LogP contribution is -2.44. The lowest BCUT2D eigenvalue weighted by Gasteiger charge is -2.11. The zero-order chi connectivity index (χ0) is 15.9. The van der Waals surface area contributed by atoms with Crippen molar-refractivity contribution in [3.63, 3.8) is 0 Å². The summed E-state index contributed by atoms with van der Waals surface area (Å²) in [5.41, 5.74) is 6.85. The molecule has 0 saturated heterocycles. The molecule has 1 aromatic carbocycles. The van der Waals surface area contributed by atoms with Crippen LogP contribution in [0.4, 0.5) is 0 Å². The number of amides is 2. The Balaban J connectivity index is 1.81. The molecule has 1 aromatic heterocycles. The average Bonchev–Trinajstić information content (AvgIpc) is 2.54. The molecule has 1 heterocycles. The molecule has 0 spiro atoms. The Hall–Kier alpha value is -2.89. The van der Waals surface area contributed by atoms with E-state index in [1.807, 2.05) is 26.0 Å². The molecule has 0 unspecified atom stereocenters. The number of carbonyl (C=O) groups excluding carboxylic acids is 2. The van der Waals surface area contributed by atoms with E-state index in [9.17, 15) is 9.59 Å². The van der Waals surface area contributed by atoms with Crippen LogP contribution in [0.5, 0.6) is 5.75 Å². The second-order valence-electron chi connectivity index (χ2n) is 4.70. The van der Waals surface area contributed by atoms with Crippen molar-refractivity contribution in [2.45, 2.75) is 13.8 Å². The third-order valence-corrected chi connectivity index (χ3v) is 3.13. The van der Waals surface area contributed by atoms with Gasteiger partial charge in [-0.3, -0.25) is 25.4 Å². The second kappa shape index (κ2) is 7.21. The Bertz CT molecular complexity index is 672. The van der Waals surface area contributed by atoms with Crippen molar-refractivity contribution in [1.82, 2.24) is 15.8 Å². The summed E-state index contributed by atoms with van der Waals surface area (Å²) in [5.74, 6) is -0.294. The summed E-state index contributed by atoms with van der Waals surface area (Å²) in [6, 6.07) is 10.6. The normalized spacial score (nSPS) is 9.91. The zero-order valence-electron chi connectivity index (χ0n) is 12.4. The van der Waals surface area contributed by atoms with E-state index in [0.29, 0.717) is 5.75 Å². The Morgan fingerprint density at radius 1 is 1.09 bits per heavy atom. The fourth-order valence-electron chi connectivity index (χ4n) is 1.75. The number of hydrogen-bond donors (Lipinski definition) is 2. The van der Waals surface area contributed by atoms with Gasteiger partial charge in [0.2, 0.25) is 0 Å². The van der Waals surface area contributed by atoms with Crippen molar-refractivity contribution < 1.29 is 14.3 Å². The largest absolute Gasteiger partial charge is 0.483 e. The summed E-state index contributed by atoms with van der Waals surface area (Å²) >= 11 is 0. The molecule has 0 bridgehead atoms. The van der Waals surface area contributed by atoms with Gasteiger partial charge in [0, 0.05) is 6.20 Å². The number of aryl methyl sites for hydroxylation is 1. The maximum absolute atomic E-state index is 11.7. The standard InChI is InChI=1S/C16H17N3O3/c1-11-6-5-8-14(12(11)2)22-10-15(20)18-19-16(21)13-7-3-4-9-17-13/h3-9H,10H2,1-2H3,(H,18,20)(H,19,21). The van der Waals surface area contributed by atoms with E-state index in [1.165, 1.54) is 6.20 Å². The van der Waals surface area contributed by atoms with Crippen molar-refractivity contribution in [2.24, 2.45) is 0 Å². The number of benzene rings is 1. The average molecular weight is 299 g/mol. The molecule has 0 aliphatic heterocycles. The van der Waals surface area contributed by atoms with Crippen LogP contribution in [0, 0.1) is 13.8 Å². The van der Waals surface area contributed by atoms with E-state index in [4.69, 9.17) is 4.74 Å². The van der Waals surface area contributed by atoms with Crippen molar-refractivity contribution in [2.75, 3.05) is 6.61 Å². The summed E-state index contributed by atoms with van der Waals surface area (Å²) in [5, 5.41) is 0. The molecule has 114 valence electrons. The minimum absolute atomic E-state index is 0.188. The fraction of sp³-hybridized carbons (Fsp3) is 0.188. The van der Waals surface area contributed by atoms with E-state index in [0.717, 1.165) is 11.1 Å². The van der Waals surface area contributed by atoms with Crippen LogP contribution in [0.15, 0.2) is 42.6 Å². The number of nitrogens with one attached hydrogen (secondary N) is 2. The highest BCUT2D eigenvalue weighted by molar-refractivity contribution is 5.93. The number of hydrogen-bond acceptors (Lipinski definition) is 4. The van der Waals surface area contributed by atoms with Gasteiger partial charge in [-0.05, 0) is 43.2 Å². The van der Waals surface area contributed by atoms with Gasteiger partial charge in [-0.25, -0.2) is 0 Å². The molecule has 0 aliphatic carbocycles. The molecule has 0 aliphatic rings. The molecule has 2 aromatic rings. The van der Waals surface area contributed by atoms with Crippen molar-refractivity contribution >= 4 is 11.8 Å². The van der Waals surface area contributed by atoms with E-state index in [1.54, 1.807) is 24.3 Å². The summed E-state index contributed by atoms with van der Waals surface area (Å²) in [7, 11) is 0. The monoisotopic (exact) mass is 299 g/mol. The first-order valence-electron chi connectivity index (χ1n) is 6.77. The van der Waals surface area contributed by atoms with E-state index in [-0.39, 0.29) is 12.3 Å². The molecular formula is C16H17N3O3. The first-order valence-corrected chi connectivity index (χ1v) is 6.77. The number of hydrazine groups is 1. The van der Waals surface area contributed by atoms with Gasteiger partial charge in [-0.1, -0.05) is 18.2 Å². The van der Waals surface area contributed by atoms with Crippen molar-refractivity contribution in [1.29, 1.82) is 0 Å². The van der Waals surface area contributed by atoms with Gasteiger partial charge < -0.3 is 4.74 Å². The minimum atomic E-state index is -0.485. The number of rotatable bonds is 4. The van der Waals surface area contributed by atoms with Crippen LogP contribution in [0.2, 0.25) is 0 Å². The molecular weight excluding hydrogens is 282 g/mol. The third-order valence-electron chi connectivity index (χ3n) is 3.13. The zero-order valence-corrected chi connectivity index (χ0v) is 12.4. The van der Waals surface area contributed by atoms with E-state index in [2.05, 4.69) is 15.8 Å². The number of ether oxygens (including phenoxy) is 1. The number of aromatic nitrogens is 1. The quantitative estimate of drug-likeness (QED) is 0.839. The first kappa shape index (κ1) is 15.5. The SMILES string of the molecule is Cc1cccc(OCC(=O)NNC(=O)c2ccccn2)c1C. The molecule has 22 heavy (non-hydrogen) atoms. The third kappa shape index (κ3) is 4.05. The van der Waals surface area contributed by atoms with Gasteiger partial charge in [-0.2, -0.15) is 0 Å². The predicted molar refractivity (Wildman–Crippen MR) is 81.3 cm³/mol. The highest BCUT2D eigenvalue weighted by Crippen LogP contribution is 2.20. The Kier molecular flexibility index (Phi) is 5.08. The maximum atomic E-state index is 11.7. The number of carbonyl (C=O) groups is 2. The number of nitrogens with zero attached hydrogens (tertiary/aromatic N) is 1. The van der Waals surface area contributed by atoms with Crippen LogP contribution in [-0.2, 0) is 4.79 Å². The highest BCUT2D eigenvalue weighted by Gasteiger charge is 2.09. The minimum Gasteiger partial charge on any atom is -0.483 e. The lowest BCUT2D eigenvalue weighted by atomic mass is 10.1. The molecule has 6 nitrogen and oxygen atoms in total. The van der Waals surface area contributed by atoms with Gasteiger partial charge in [0.05, 0.1) is 0 Å². The smallest absolute Gasteiger partial charge is 0.288 e. The molecule has 2 N–H and O–H groups in total. The molecule has 0 radical (unpaired) electrons. The summed E-state index contributed by atoms with van der Waals surface area (Å²) < 4.78 is 5.44. The molecule has 6 heteroatoms. The van der Waals surface area contributed by atoms with E-state index < -0.39 is 11.8 Å². The van der Waals surface area contributed by atoms with Gasteiger partial charge >= 0.3 is 0 Å². The van der Waals surface area contributed by atoms with Crippen LogP contribution in [-0.4, -0.2) is 23.4 Å². The summed E-state index contributed by atoms with van der Waals surface area (Å²) in [6.45, 7) is 3.70. The molecule has 0 fully saturated rings. The second-order valence-corrected chi connectivity index (χ2v) is 4.70. The van der Waals surface area contributed by atoms with Crippen LogP contribution in [0.3, 0.4) is 0 Å². The van der Waals surface area contributed by atoms with Gasteiger partial charge in [-0.15, -0.1) is 0 Å². The Morgan fingerprint density at radius 3 is 2.64 bits per heavy atom. The molecule has 0 atom stereocenters. The van der Waals surface area contributed by atoms with Crippen LogP contribution in [0.25, 0.3) is 0 Å². The maximum Gasteiger partial charge on any atom is 0.288 e. The van der Waals surface area contributed by atoms with E-state index >= 15 is 0 Å². The summed E-state index contributed by atoms with van der Waals surface area (Å²) in [6.07, 6.45) is 1.50. The lowest BCUT2D eigenvalue weighted by molar-refractivity contribution is -0.123. The van der Waals surface area contributed by atoms with Crippen LogP contribution >= 0.6 is 0 Å². The van der Waals surface area contributed by atoms with Gasteiger partial charge in [0.25, 0.3) is 11.8 Å². The van der Waals surface area contributed by atoms with Gasteiger partial charge in [0.15, 0.2) is 6.61 Å². The Labute approximate surface area is 128 Å². The van der Waals surface area contributed by atoms with Crippen molar-refractivity contribution in [3.05, 3.63) is 59.4 Å². The molecule has 2 rings (SSSR count). The van der Waals surface area contributed by atoms with Crippen molar-refractivity contribution in [3.8, 4) is 5.75 Å². The number of pyridine rings is 1. The molecule has 2 amide bonds.